The maximum Gasteiger partial charge on any atom is -0.0111 e. The highest BCUT2D eigenvalue weighted by Gasteiger charge is 2.32. The fourth-order valence-electron chi connectivity index (χ4n) is 2.18. The van der Waals surface area contributed by atoms with Gasteiger partial charge >= 0.3 is 0 Å². The molecule has 0 saturated carbocycles. The lowest BCUT2D eigenvalue weighted by molar-refractivity contribution is 0.708. The Hall–Kier alpha value is 0.860. The summed E-state index contributed by atoms with van der Waals surface area (Å²) in [6.45, 7) is 24.4. The SMILES string of the molecule is CC(C)CP(CP(CC(C)C)C(C)(C)C)C(C)(C)C. The Morgan fingerprint density at radius 3 is 1.05 bits per heavy atom. The molecule has 0 bridgehead atoms. The molecule has 0 amide bonds. The van der Waals surface area contributed by atoms with Gasteiger partial charge in [0.2, 0.25) is 0 Å². The van der Waals surface area contributed by atoms with Crippen molar-refractivity contribution in [2.24, 2.45) is 11.8 Å². The van der Waals surface area contributed by atoms with Crippen LogP contribution in [0.2, 0.25) is 0 Å². The molecule has 0 nitrogen and oxygen atoms in total. The Labute approximate surface area is 126 Å². The molecule has 0 rings (SSSR count). The molecule has 0 aliphatic rings. The second-order valence-electron chi connectivity index (χ2n) is 8.72. The van der Waals surface area contributed by atoms with E-state index in [1.165, 1.54) is 18.2 Å². The minimum absolute atomic E-state index is 0.153. The molecule has 2 heteroatoms. The van der Waals surface area contributed by atoms with E-state index in [9.17, 15) is 0 Å². The maximum atomic E-state index is 2.46. The maximum absolute atomic E-state index is 2.46. The van der Waals surface area contributed by atoms with Crippen molar-refractivity contribution in [3.63, 3.8) is 0 Å². The summed E-state index contributed by atoms with van der Waals surface area (Å²) in [5, 5.41) is 1.03. The first-order chi connectivity index (χ1) is 8.34. The normalized spacial score (nSPS) is 17.1. The minimum Gasteiger partial charge on any atom is -0.0965 e. The summed E-state index contributed by atoms with van der Waals surface area (Å²) in [7, 11) is 0.307. The molecular formula is C17H38P2. The monoisotopic (exact) mass is 304 g/mol. The predicted molar refractivity (Wildman–Crippen MR) is 97.6 cm³/mol. The molecule has 0 aromatic rings. The van der Waals surface area contributed by atoms with Crippen molar-refractivity contribution >= 4 is 15.8 Å². The third kappa shape index (κ3) is 8.67. The zero-order chi connectivity index (χ0) is 15.4. The zero-order valence-corrected chi connectivity index (χ0v) is 17.0. The van der Waals surface area contributed by atoms with E-state index in [0.29, 0.717) is 10.3 Å². The second kappa shape index (κ2) is 7.75. The van der Waals surface area contributed by atoms with Crippen molar-refractivity contribution in [2.75, 3.05) is 18.2 Å². The van der Waals surface area contributed by atoms with Crippen molar-refractivity contribution in [3.05, 3.63) is 0 Å². The van der Waals surface area contributed by atoms with E-state index in [-0.39, 0.29) is 15.8 Å². The van der Waals surface area contributed by atoms with Crippen LogP contribution in [-0.2, 0) is 0 Å². The summed E-state index contributed by atoms with van der Waals surface area (Å²) in [4.78, 5) is 0. The largest absolute Gasteiger partial charge is 0.0965 e. The number of hydrogen-bond acceptors (Lipinski definition) is 0. The van der Waals surface area contributed by atoms with Gasteiger partial charge in [-0.25, -0.2) is 0 Å². The Morgan fingerprint density at radius 1 is 0.632 bits per heavy atom. The summed E-state index contributed by atoms with van der Waals surface area (Å²) < 4.78 is 0. The van der Waals surface area contributed by atoms with Gasteiger partial charge < -0.3 is 0 Å². The predicted octanol–water partition coefficient (Wildman–Crippen LogP) is 6.82. The third-order valence-electron chi connectivity index (χ3n) is 3.41. The lowest BCUT2D eigenvalue weighted by Crippen LogP contribution is -2.22. The van der Waals surface area contributed by atoms with E-state index in [1.54, 1.807) is 0 Å². The number of hydrogen-bond donors (Lipinski definition) is 0. The van der Waals surface area contributed by atoms with Gasteiger partial charge in [-0.05, 0) is 40.4 Å². The standard InChI is InChI=1S/C17H38P2/c1-14(2)11-18(16(5,6)7)13-19(12-15(3)4)17(8,9)10/h14-15H,11-13H2,1-10H3. The van der Waals surface area contributed by atoms with Gasteiger partial charge in [0, 0.05) is 0 Å². The van der Waals surface area contributed by atoms with Crippen LogP contribution in [-0.4, -0.2) is 28.5 Å². The Kier molecular flexibility index (Phi) is 8.10. The Bertz CT molecular complexity index is 217. The molecule has 0 aliphatic heterocycles. The summed E-state index contributed by atoms with van der Waals surface area (Å²) >= 11 is 0. The molecule has 0 aromatic carbocycles. The van der Waals surface area contributed by atoms with E-state index < -0.39 is 0 Å². The fraction of sp³-hybridized carbons (Fsp3) is 1.00. The van der Waals surface area contributed by atoms with Gasteiger partial charge in [0.05, 0.1) is 0 Å². The van der Waals surface area contributed by atoms with Gasteiger partial charge in [0.25, 0.3) is 0 Å². The van der Waals surface area contributed by atoms with Crippen LogP contribution in [0.4, 0.5) is 0 Å². The first kappa shape index (κ1) is 19.9. The molecule has 0 N–H and O–H groups in total. The highest BCUT2D eigenvalue weighted by atomic mass is 31.2. The van der Waals surface area contributed by atoms with E-state index >= 15 is 0 Å². The van der Waals surface area contributed by atoms with E-state index in [4.69, 9.17) is 0 Å². The lowest BCUT2D eigenvalue weighted by Gasteiger charge is -2.41. The van der Waals surface area contributed by atoms with Gasteiger partial charge in [-0.3, -0.25) is 0 Å². The molecule has 0 fully saturated rings. The molecule has 2 atom stereocenters. The van der Waals surface area contributed by atoms with Crippen molar-refractivity contribution in [1.82, 2.24) is 0 Å². The molecule has 19 heavy (non-hydrogen) atoms. The van der Waals surface area contributed by atoms with Crippen LogP contribution in [0, 0.1) is 11.8 Å². The Morgan fingerprint density at radius 2 is 0.895 bits per heavy atom. The van der Waals surface area contributed by atoms with E-state index in [1.807, 2.05) is 0 Å². The number of rotatable bonds is 6. The summed E-state index contributed by atoms with van der Waals surface area (Å²) in [5.74, 6) is 3.22. The topological polar surface area (TPSA) is 0 Å². The minimum atomic E-state index is 0.153. The molecule has 0 heterocycles. The van der Waals surface area contributed by atoms with Gasteiger partial charge in [-0.2, -0.15) is 0 Å². The van der Waals surface area contributed by atoms with Crippen LogP contribution in [0.5, 0.6) is 0 Å². The van der Waals surface area contributed by atoms with Crippen LogP contribution in [0.15, 0.2) is 0 Å². The molecule has 0 spiro atoms. The van der Waals surface area contributed by atoms with Gasteiger partial charge in [-0.15, -0.1) is 0 Å². The summed E-state index contributed by atoms with van der Waals surface area (Å²) in [6.07, 6.45) is 2.90. The molecule has 0 saturated heterocycles. The van der Waals surface area contributed by atoms with Crippen LogP contribution >= 0.6 is 15.8 Å². The zero-order valence-electron chi connectivity index (χ0n) is 15.2. The van der Waals surface area contributed by atoms with Crippen LogP contribution in [0.1, 0.15) is 69.2 Å². The van der Waals surface area contributed by atoms with Crippen molar-refractivity contribution < 1.29 is 0 Å². The smallest absolute Gasteiger partial charge is 0.0111 e. The first-order valence-electron chi connectivity index (χ1n) is 7.84. The van der Waals surface area contributed by atoms with Crippen LogP contribution < -0.4 is 0 Å². The van der Waals surface area contributed by atoms with Crippen LogP contribution in [0.25, 0.3) is 0 Å². The average Bonchev–Trinajstić information content (AvgIpc) is 2.10. The summed E-state index contributed by atoms with van der Waals surface area (Å²) in [6, 6.07) is 0. The van der Waals surface area contributed by atoms with Crippen molar-refractivity contribution in [3.8, 4) is 0 Å². The molecule has 0 radical (unpaired) electrons. The van der Waals surface area contributed by atoms with Crippen molar-refractivity contribution in [2.45, 2.75) is 79.5 Å². The third-order valence-corrected chi connectivity index (χ3v) is 12.3. The van der Waals surface area contributed by atoms with Gasteiger partial charge in [-0.1, -0.05) is 85.1 Å². The van der Waals surface area contributed by atoms with Gasteiger partial charge in [0.15, 0.2) is 0 Å². The summed E-state index contributed by atoms with van der Waals surface area (Å²) in [5.41, 5.74) is 0. The lowest BCUT2D eigenvalue weighted by atomic mass is 10.2. The Balaban J connectivity index is 4.93. The molecular weight excluding hydrogens is 266 g/mol. The quantitative estimate of drug-likeness (QED) is 0.472. The van der Waals surface area contributed by atoms with E-state index in [0.717, 1.165) is 11.8 Å². The highest BCUT2D eigenvalue weighted by Crippen LogP contribution is 2.63. The molecule has 0 aliphatic carbocycles. The highest BCUT2D eigenvalue weighted by molar-refractivity contribution is 7.76. The first-order valence-corrected chi connectivity index (χ1v) is 11.3. The van der Waals surface area contributed by atoms with E-state index in [2.05, 4.69) is 69.2 Å². The van der Waals surface area contributed by atoms with Gasteiger partial charge in [0.1, 0.15) is 0 Å². The van der Waals surface area contributed by atoms with Crippen molar-refractivity contribution in [1.29, 1.82) is 0 Å². The average molecular weight is 304 g/mol. The fourth-order valence-corrected chi connectivity index (χ4v) is 11.0. The molecule has 2 unspecified atom stereocenters. The molecule has 0 aromatic heterocycles. The molecule has 116 valence electrons. The second-order valence-corrected chi connectivity index (χ2v) is 15.4. The van der Waals surface area contributed by atoms with Crippen LogP contribution in [0.3, 0.4) is 0 Å².